The lowest BCUT2D eigenvalue weighted by molar-refractivity contribution is 0.607. The van der Waals surface area contributed by atoms with Gasteiger partial charge >= 0.3 is 0 Å². The van der Waals surface area contributed by atoms with E-state index in [0.717, 1.165) is 17.8 Å². The van der Waals surface area contributed by atoms with Gasteiger partial charge in [0, 0.05) is 12.4 Å². The van der Waals surface area contributed by atoms with E-state index >= 15 is 0 Å². The number of halogens is 1. The van der Waals surface area contributed by atoms with Crippen molar-refractivity contribution < 1.29 is 4.39 Å². The predicted molar refractivity (Wildman–Crippen MR) is 70.3 cm³/mol. The molecule has 0 aliphatic carbocycles. The van der Waals surface area contributed by atoms with Crippen molar-refractivity contribution in [1.29, 1.82) is 0 Å². The second-order valence-corrected chi connectivity index (χ2v) is 4.53. The van der Waals surface area contributed by atoms with Gasteiger partial charge in [-0.05, 0) is 43.5 Å². The van der Waals surface area contributed by atoms with Crippen molar-refractivity contribution in [3.63, 3.8) is 0 Å². The van der Waals surface area contributed by atoms with Crippen LogP contribution in [-0.2, 0) is 0 Å². The molecule has 1 unspecified atom stereocenters. The summed E-state index contributed by atoms with van der Waals surface area (Å²) in [5.74, 6) is 0.830. The first kappa shape index (κ1) is 12.8. The topological polar surface area (TPSA) is 43.8 Å². The number of hydrogen-bond donors (Lipinski definition) is 1. The third kappa shape index (κ3) is 2.43. The Balaban J connectivity index is 2.34. The van der Waals surface area contributed by atoms with E-state index < -0.39 is 0 Å². The standard InChI is InChI=1S/C14H18FN3/c1-10(5-6-16)12-3-4-14(13(15)9-12)18-8-7-17-11(18)2/h3-4,7-10H,5-6,16H2,1-2H3. The molecule has 0 spiro atoms. The van der Waals surface area contributed by atoms with E-state index in [1.807, 2.05) is 13.0 Å². The molecule has 0 radical (unpaired) electrons. The van der Waals surface area contributed by atoms with Crippen molar-refractivity contribution in [3.8, 4) is 5.69 Å². The summed E-state index contributed by atoms with van der Waals surface area (Å²) in [6.07, 6.45) is 4.29. The molecule has 0 amide bonds. The number of aromatic nitrogens is 2. The highest BCUT2D eigenvalue weighted by Crippen LogP contribution is 2.23. The lowest BCUT2D eigenvalue weighted by Crippen LogP contribution is -2.06. The SMILES string of the molecule is Cc1nccn1-c1ccc(C(C)CCN)cc1F. The van der Waals surface area contributed by atoms with Crippen molar-refractivity contribution in [2.75, 3.05) is 6.54 Å². The summed E-state index contributed by atoms with van der Waals surface area (Å²) in [5, 5.41) is 0. The Morgan fingerprint density at radius 1 is 1.44 bits per heavy atom. The fourth-order valence-electron chi connectivity index (χ4n) is 2.07. The lowest BCUT2D eigenvalue weighted by atomic mass is 9.97. The highest BCUT2D eigenvalue weighted by Gasteiger charge is 2.11. The van der Waals surface area contributed by atoms with Crippen LogP contribution in [0.15, 0.2) is 30.6 Å². The molecule has 2 aromatic rings. The molecule has 18 heavy (non-hydrogen) atoms. The van der Waals surface area contributed by atoms with E-state index in [-0.39, 0.29) is 11.7 Å². The molecule has 0 aliphatic heterocycles. The number of benzene rings is 1. The van der Waals surface area contributed by atoms with E-state index in [2.05, 4.69) is 11.9 Å². The van der Waals surface area contributed by atoms with Crippen molar-refractivity contribution in [1.82, 2.24) is 9.55 Å². The van der Waals surface area contributed by atoms with E-state index in [1.165, 1.54) is 0 Å². The van der Waals surface area contributed by atoms with Crippen LogP contribution < -0.4 is 5.73 Å². The Kier molecular flexibility index (Phi) is 3.77. The monoisotopic (exact) mass is 247 g/mol. The summed E-state index contributed by atoms with van der Waals surface area (Å²) < 4.78 is 15.9. The van der Waals surface area contributed by atoms with Gasteiger partial charge < -0.3 is 10.3 Å². The lowest BCUT2D eigenvalue weighted by Gasteiger charge is -2.13. The molecule has 1 atom stereocenters. The molecule has 1 aromatic heterocycles. The maximum absolute atomic E-state index is 14.1. The fraction of sp³-hybridized carbons (Fsp3) is 0.357. The zero-order valence-electron chi connectivity index (χ0n) is 10.7. The molecular weight excluding hydrogens is 229 g/mol. The van der Waals surface area contributed by atoms with Gasteiger partial charge in [-0.25, -0.2) is 9.37 Å². The van der Waals surface area contributed by atoms with Gasteiger partial charge in [0.25, 0.3) is 0 Å². The molecule has 4 heteroatoms. The largest absolute Gasteiger partial charge is 0.330 e. The third-order valence-corrected chi connectivity index (χ3v) is 3.23. The molecule has 3 nitrogen and oxygen atoms in total. The number of aryl methyl sites for hydroxylation is 1. The van der Waals surface area contributed by atoms with Crippen LogP contribution in [-0.4, -0.2) is 16.1 Å². The Morgan fingerprint density at radius 2 is 2.22 bits per heavy atom. The van der Waals surface area contributed by atoms with Crippen molar-refractivity contribution in [3.05, 3.63) is 47.8 Å². The Hall–Kier alpha value is -1.68. The molecular formula is C14H18FN3. The molecule has 2 N–H and O–H groups in total. The van der Waals surface area contributed by atoms with Crippen LogP contribution in [0.1, 0.15) is 30.7 Å². The smallest absolute Gasteiger partial charge is 0.147 e. The molecule has 0 saturated heterocycles. The average Bonchev–Trinajstić information content (AvgIpc) is 2.75. The van der Waals surface area contributed by atoms with Gasteiger partial charge in [0.2, 0.25) is 0 Å². The predicted octanol–water partition coefficient (Wildman–Crippen LogP) is 2.77. The van der Waals surface area contributed by atoms with Gasteiger partial charge in [-0.15, -0.1) is 0 Å². The molecule has 1 aromatic carbocycles. The summed E-state index contributed by atoms with van der Waals surface area (Å²) in [6.45, 7) is 4.53. The first-order valence-corrected chi connectivity index (χ1v) is 6.13. The zero-order chi connectivity index (χ0) is 13.1. The molecule has 0 bridgehead atoms. The van der Waals surface area contributed by atoms with Gasteiger partial charge in [-0.1, -0.05) is 13.0 Å². The van der Waals surface area contributed by atoms with Crippen molar-refractivity contribution >= 4 is 0 Å². The van der Waals surface area contributed by atoms with Gasteiger partial charge in [0.1, 0.15) is 11.6 Å². The van der Waals surface area contributed by atoms with Gasteiger partial charge in [-0.2, -0.15) is 0 Å². The van der Waals surface area contributed by atoms with Crippen LogP contribution in [0.5, 0.6) is 0 Å². The molecule has 1 heterocycles. The zero-order valence-corrected chi connectivity index (χ0v) is 10.7. The van der Waals surface area contributed by atoms with Crippen molar-refractivity contribution in [2.24, 2.45) is 5.73 Å². The summed E-state index contributed by atoms with van der Waals surface area (Å²) in [4.78, 5) is 4.10. The van der Waals surface area contributed by atoms with Gasteiger partial charge in [0.15, 0.2) is 0 Å². The maximum atomic E-state index is 14.1. The minimum absolute atomic E-state index is 0.225. The van der Waals surface area contributed by atoms with Crippen LogP contribution in [0.25, 0.3) is 5.69 Å². The highest BCUT2D eigenvalue weighted by molar-refractivity contribution is 5.38. The molecule has 0 aliphatic rings. The van der Waals surface area contributed by atoms with Crippen molar-refractivity contribution in [2.45, 2.75) is 26.2 Å². The number of nitrogens with two attached hydrogens (primary N) is 1. The second kappa shape index (κ2) is 5.31. The highest BCUT2D eigenvalue weighted by atomic mass is 19.1. The van der Waals surface area contributed by atoms with Crippen LogP contribution >= 0.6 is 0 Å². The number of rotatable bonds is 4. The summed E-state index contributed by atoms with van der Waals surface area (Å²) in [5.41, 5.74) is 7.05. The van der Waals surface area contributed by atoms with Crippen LogP contribution in [0.4, 0.5) is 4.39 Å². The number of hydrogen-bond acceptors (Lipinski definition) is 2. The molecule has 96 valence electrons. The molecule has 0 fully saturated rings. The van der Waals surface area contributed by atoms with Crippen LogP contribution in [0, 0.1) is 12.7 Å². The van der Waals surface area contributed by atoms with E-state index in [4.69, 9.17) is 5.73 Å². The minimum atomic E-state index is -0.225. The van der Waals surface area contributed by atoms with Crippen LogP contribution in [0.3, 0.4) is 0 Å². The normalized spacial score (nSPS) is 12.7. The summed E-state index contributed by atoms with van der Waals surface area (Å²) in [7, 11) is 0. The average molecular weight is 247 g/mol. The summed E-state index contributed by atoms with van der Waals surface area (Å²) >= 11 is 0. The Labute approximate surface area is 106 Å². The fourth-order valence-corrected chi connectivity index (χ4v) is 2.07. The number of nitrogens with zero attached hydrogens (tertiary/aromatic N) is 2. The number of imidazole rings is 1. The van der Waals surface area contributed by atoms with E-state index in [1.54, 1.807) is 29.1 Å². The first-order valence-electron chi connectivity index (χ1n) is 6.13. The minimum Gasteiger partial charge on any atom is -0.330 e. The maximum Gasteiger partial charge on any atom is 0.147 e. The van der Waals surface area contributed by atoms with E-state index in [9.17, 15) is 4.39 Å². The first-order chi connectivity index (χ1) is 8.63. The van der Waals surface area contributed by atoms with Crippen LogP contribution in [0.2, 0.25) is 0 Å². The Morgan fingerprint density at radius 3 is 2.78 bits per heavy atom. The van der Waals surface area contributed by atoms with Gasteiger partial charge in [-0.3, -0.25) is 0 Å². The van der Waals surface area contributed by atoms with Gasteiger partial charge in [0.05, 0.1) is 5.69 Å². The second-order valence-electron chi connectivity index (χ2n) is 4.53. The third-order valence-electron chi connectivity index (χ3n) is 3.23. The van der Waals surface area contributed by atoms with E-state index in [0.29, 0.717) is 12.2 Å². The molecule has 0 saturated carbocycles. The molecule has 2 rings (SSSR count). The summed E-state index contributed by atoms with van der Waals surface area (Å²) in [6, 6.07) is 5.35. The Bertz CT molecular complexity index is 534. The quantitative estimate of drug-likeness (QED) is 0.902.